The van der Waals surface area contributed by atoms with Gasteiger partial charge in [0.25, 0.3) is 6.47 Å². The Balaban J connectivity index is 0.000000256. The Morgan fingerprint density at radius 3 is 0.802 bits per heavy atom. The molecule has 9 nitrogen and oxygen atoms in total. The van der Waals surface area contributed by atoms with Crippen molar-refractivity contribution in [1.82, 2.24) is 0 Å². The van der Waals surface area contributed by atoms with Crippen LogP contribution in [0.2, 0.25) is 0 Å². The third-order valence-electron chi connectivity index (χ3n) is 18.0. The van der Waals surface area contributed by atoms with Crippen LogP contribution in [0.15, 0.2) is 364 Å². The molecule has 15 aromatic rings. The molecule has 0 aromatic heterocycles. The molecule has 111 heavy (non-hydrogen) atoms. The maximum absolute atomic E-state index is 14.0. The van der Waals surface area contributed by atoms with Crippen molar-refractivity contribution >= 4 is 57.7 Å². The van der Waals surface area contributed by atoms with E-state index in [1.54, 1.807) is 18.2 Å². The van der Waals surface area contributed by atoms with E-state index in [-0.39, 0.29) is 124 Å². The van der Waals surface area contributed by atoms with Crippen molar-refractivity contribution in [2.45, 2.75) is 49.0 Å². The number of halogens is 2. The smallest absolute Gasteiger partial charge is 1.00 e. The van der Waals surface area contributed by atoms with Crippen molar-refractivity contribution in [3.05, 3.63) is 409 Å². The van der Waals surface area contributed by atoms with Gasteiger partial charge in [-0.1, -0.05) is 253 Å². The molecule has 0 heterocycles. The summed E-state index contributed by atoms with van der Waals surface area (Å²) < 4.78 is 42.0. The molecule has 0 atom stereocenters. The second-order valence-corrected chi connectivity index (χ2v) is 26.1. The zero-order chi connectivity index (χ0) is 75.3. The van der Waals surface area contributed by atoms with Crippen molar-refractivity contribution in [2.24, 2.45) is 0 Å². The number of rotatable bonds is 18. The number of hydrogen-bond donors (Lipinski definition) is 1. The predicted octanol–water partition coefficient (Wildman–Crippen LogP) is 20.7. The molecule has 0 bridgehead atoms. The predicted molar refractivity (Wildman–Crippen MR) is 443 cm³/mol. The molecule has 0 fully saturated rings. The molecular formula is C98H85F2K2N3O6. The first-order chi connectivity index (χ1) is 52.6. The topological polar surface area (TPSA) is 97.8 Å². The summed E-state index contributed by atoms with van der Waals surface area (Å²) in [4.78, 5) is 17.9. The summed E-state index contributed by atoms with van der Waals surface area (Å²) in [5.74, 6) is 1.94. The van der Waals surface area contributed by atoms with Gasteiger partial charge in [-0.25, -0.2) is 8.78 Å². The van der Waals surface area contributed by atoms with Crippen molar-refractivity contribution in [2.75, 3.05) is 14.7 Å². The number of aromatic hydroxyl groups is 1. The van der Waals surface area contributed by atoms with E-state index < -0.39 is 11.6 Å². The van der Waals surface area contributed by atoms with Crippen LogP contribution >= 0.6 is 0 Å². The first kappa shape index (κ1) is 84.7. The van der Waals surface area contributed by atoms with Crippen molar-refractivity contribution < 1.29 is 142 Å². The number of aryl methyl sites for hydroxylation is 6. The van der Waals surface area contributed by atoms with Gasteiger partial charge in [-0.2, -0.15) is 0 Å². The summed E-state index contributed by atoms with van der Waals surface area (Å²) in [5.41, 5.74) is 22.9. The molecule has 0 saturated carbocycles. The Morgan fingerprint density at radius 1 is 0.297 bits per heavy atom. The summed E-state index contributed by atoms with van der Waals surface area (Å²) >= 11 is 0. The van der Waals surface area contributed by atoms with Crippen LogP contribution in [0, 0.1) is 53.2 Å². The number of phenols is 1. The molecule has 0 amide bonds. The number of carbonyl (C=O) groups is 1. The minimum absolute atomic E-state index is 0. The standard InChI is InChI=1S/C58H48N2O2.C20H19NO.C18H12F2.CH2O3.CH4.2K.H/c1-41-21-29-47(30-22-41)59(48-31-23-42(2)24-32-48)51-17-11-19-53(37-51)61-57-40-58(56(46-15-9-6-10-16-46)39-55(57)45-13-7-5-8-14-45)62-54-20-12-18-52(38-54)60(49-33-25-43(3)26-34-49)50-35-27-44(4)28-36-50;1-15-6-10-17(11-7-15)21(18-12-8-16(2)9-13-18)19-4-3-5-20(22)14-19;19-17-12-18(20)16(14-9-5-2-6-10-14)11-15(17)13-7-3-1-4-8-13;2-1-4-3;;;;/h5-40H,1-4H3;3-14,22H,1-2H3;1-12H;1,3H;1H4;;;/q;;;;;2*+1;-1/p-1. The molecule has 0 aliphatic carbocycles. The quantitative estimate of drug-likeness (QED) is 0.0390. The zero-order valence-corrected chi connectivity index (χ0v) is 69.1. The molecule has 0 aliphatic rings. The molecule has 0 radical (unpaired) electrons. The van der Waals surface area contributed by atoms with Gasteiger partial charge in [-0.15, -0.1) is 0 Å². The molecule has 1 N–H and O–H groups in total. The third kappa shape index (κ3) is 22.7. The molecule has 544 valence electrons. The maximum atomic E-state index is 14.0. The maximum Gasteiger partial charge on any atom is 1.00 e. The van der Waals surface area contributed by atoms with Gasteiger partial charge in [-0.05, 0) is 185 Å². The Labute approximate surface area is 737 Å². The summed E-state index contributed by atoms with van der Waals surface area (Å²) in [6, 6.07) is 121. The average Bonchev–Trinajstić information content (AvgIpc) is 0.783. The number of carbonyl (C=O) groups excluding carboxylic acids is 1. The van der Waals surface area contributed by atoms with Gasteiger partial charge in [0.05, 0.1) is 0 Å². The third-order valence-corrected chi connectivity index (χ3v) is 18.0. The first-order valence-corrected chi connectivity index (χ1v) is 35.4. The Kier molecular flexibility index (Phi) is 31.8. The van der Waals surface area contributed by atoms with Crippen LogP contribution < -0.4 is 132 Å². The summed E-state index contributed by atoms with van der Waals surface area (Å²) in [5, 5.41) is 18.2. The van der Waals surface area contributed by atoms with Crippen LogP contribution in [0.1, 0.15) is 42.2 Å². The molecule has 0 saturated heterocycles. The van der Waals surface area contributed by atoms with E-state index in [2.05, 4.69) is 298 Å². The van der Waals surface area contributed by atoms with E-state index >= 15 is 0 Å². The van der Waals surface area contributed by atoms with Gasteiger partial charge >= 0.3 is 103 Å². The molecular weight excluding hydrogens is 1430 g/mol. The van der Waals surface area contributed by atoms with E-state index in [4.69, 9.17) is 19.5 Å². The van der Waals surface area contributed by atoms with Gasteiger partial charge in [-0.3, -0.25) is 4.79 Å². The van der Waals surface area contributed by atoms with Gasteiger partial charge in [0.2, 0.25) is 0 Å². The van der Waals surface area contributed by atoms with E-state index in [1.807, 2.05) is 103 Å². The summed E-state index contributed by atoms with van der Waals surface area (Å²) in [7, 11) is 0. The van der Waals surface area contributed by atoms with Crippen LogP contribution in [0.5, 0.6) is 28.7 Å². The van der Waals surface area contributed by atoms with Crippen molar-refractivity contribution in [1.29, 1.82) is 0 Å². The van der Waals surface area contributed by atoms with Crippen LogP contribution in [0.25, 0.3) is 44.5 Å². The molecule has 13 heteroatoms. The van der Waals surface area contributed by atoms with Gasteiger partial charge in [0, 0.05) is 104 Å². The molecule has 15 aromatic carbocycles. The van der Waals surface area contributed by atoms with E-state index in [0.29, 0.717) is 34.1 Å². The monoisotopic (exact) mass is 1520 g/mol. The number of nitrogens with zero attached hydrogens (tertiary/aromatic N) is 3. The van der Waals surface area contributed by atoms with Gasteiger partial charge in [0.15, 0.2) is 0 Å². The fourth-order valence-corrected chi connectivity index (χ4v) is 12.4. The van der Waals surface area contributed by atoms with Crippen LogP contribution in [-0.4, -0.2) is 11.6 Å². The number of ether oxygens (including phenoxy) is 2. The largest absolute Gasteiger partial charge is 1.00 e. The Hall–Kier alpha value is -10.3. The number of benzene rings is 15. The van der Waals surface area contributed by atoms with E-state index in [0.717, 1.165) is 90.6 Å². The SMILES string of the molecule is C.Cc1ccc(N(c2ccc(C)cc2)c2cccc(O)c2)cc1.Cc1ccc(N(c2ccc(C)cc2)c2cccc(Oc3cc(Oc4cccc(N(c5ccc(C)cc5)c5ccc(C)cc5)c4)c(-c4ccccc4)cc3-c3ccccc3)c2)cc1.Fc1cc(F)c(-c2ccccc2)cc1-c1ccccc1.O=CO[O-].[H-].[K+].[K+]. The van der Waals surface area contributed by atoms with Gasteiger partial charge in [0.1, 0.15) is 40.4 Å². The van der Waals surface area contributed by atoms with Crippen LogP contribution in [0.4, 0.5) is 60.0 Å². The zero-order valence-electron chi connectivity index (χ0n) is 63.8. The van der Waals surface area contributed by atoms with E-state index in [1.165, 1.54) is 33.4 Å². The minimum atomic E-state index is -0.548. The van der Waals surface area contributed by atoms with Crippen molar-refractivity contribution in [3.63, 3.8) is 0 Å². The first-order valence-electron chi connectivity index (χ1n) is 35.4. The average molecular weight is 1520 g/mol. The summed E-state index contributed by atoms with van der Waals surface area (Å²) in [6.07, 6.45) is 0. The number of anilines is 9. The molecule has 0 unspecified atom stereocenters. The van der Waals surface area contributed by atoms with Crippen molar-refractivity contribution in [3.8, 4) is 73.3 Å². The van der Waals surface area contributed by atoms with Crippen LogP contribution in [0.3, 0.4) is 0 Å². The Bertz CT molecular complexity index is 5030. The fraction of sp³-hybridized carbons (Fsp3) is 0.0714. The minimum Gasteiger partial charge on any atom is -1.00 e. The number of phenolic OH excluding ortho intramolecular Hbond substituents is 1. The van der Waals surface area contributed by atoms with Gasteiger partial charge < -0.3 is 40.9 Å². The second kappa shape index (κ2) is 41.6. The summed E-state index contributed by atoms with van der Waals surface area (Å²) in [6.45, 7) is 12.4. The number of hydrogen-bond acceptors (Lipinski definition) is 9. The Morgan fingerprint density at radius 2 is 0.541 bits per heavy atom. The molecule has 0 aliphatic heterocycles. The van der Waals surface area contributed by atoms with Crippen LogP contribution in [-0.2, 0) is 9.68 Å². The van der Waals surface area contributed by atoms with E-state index in [9.17, 15) is 13.9 Å². The normalized spacial score (nSPS) is 10.2. The fourth-order valence-electron chi connectivity index (χ4n) is 12.4. The molecule has 0 spiro atoms. The molecule has 15 rings (SSSR count). The second-order valence-electron chi connectivity index (χ2n) is 26.1.